The summed E-state index contributed by atoms with van der Waals surface area (Å²) in [4.78, 5) is 3.78. The van der Waals surface area contributed by atoms with E-state index < -0.39 is 11.7 Å². The van der Waals surface area contributed by atoms with Gasteiger partial charge in [0, 0.05) is 13.2 Å². The minimum atomic E-state index is -4.46. The van der Waals surface area contributed by atoms with Gasteiger partial charge in [0.1, 0.15) is 5.69 Å². The molecule has 0 saturated carbocycles. The number of rotatable bonds is 1. The third-order valence-electron chi connectivity index (χ3n) is 2.14. The van der Waals surface area contributed by atoms with Crippen molar-refractivity contribution in [1.82, 2.24) is 21.1 Å². The summed E-state index contributed by atoms with van der Waals surface area (Å²) in [6, 6.07) is 1.05. The van der Waals surface area contributed by atoms with Gasteiger partial charge in [0.25, 0.3) is 0 Å². The summed E-state index contributed by atoms with van der Waals surface area (Å²) in [5, 5.41) is 5.04. The molecule has 92 valence electrons. The molecule has 0 spiro atoms. The van der Waals surface area contributed by atoms with Gasteiger partial charge in [0.2, 0.25) is 0 Å². The van der Waals surface area contributed by atoms with Gasteiger partial charge >= 0.3 is 6.18 Å². The van der Waals surface area contributed by atoms with Gasteiger partial charge in [-0.1, -0.05) is 0 Å². The van der Waals surface area contributed by atoms with E-state index in [9.17, 15) is 13.2 Å². The summed E-state index contributed by atoms with van der Waals surface area (Å²) >= 11 is 0. The van der Waals surface area contributed by atoms with Gasteiger partial charge < -0.3 is 0 Å². The van der Waals surface area contributed by atoms with E-state index in [0.717, 1.165) is 6.07 Å². The summed E-state index contributed by atoms with van der Waals surface area (Å²) in [5.41, 5.74) is 4.49. The molecule has 0 radical (unpaired) electrons. The number of hydrazine groups is 2. The minimum Gasteiger partial charge on any atom is -0.281 e. The normalized spacial score (nSPS) is 16.4. The second-order valence-electron chi connectivity index (χ2n) is 3.64. The fourth-order valence-corrected chi connectivity index (χ4v) is 1.41. The van der Waals surface area contributed by atoms with Crippen molar-refractivity contribution in [3.63, 3.8) is 0 Å². The summed E-state index contributed by atoms with van der Waals surface area (Å²) in [7, 11) is 1.58. The van der Waals surface area contributed by atoms with Crippen LogP contribution in [-0.4, -0.2) is 23.0 Å². The molecule has 0 aromatic carbocycles. The van der Waals surface area contributed by atoms with Crippen LogP contribution in [0.4, 0.5) is 13.2 Å². The molecule has 1 aliphatic heterocycles. The van der Waals surface area contributed by atoms with Gasteiger partial charge in [0.15, 0.2) is 5.84 Å². The molecule has 0 amide bonds. The first-order chi connectivity index (χ1) is 7.88. The van der Waals surface area contributed by atoms with Crippen LogP contribution in [0.1, 0.15) is 16.8 Å². The Kier molecular flexibility index (Phi) is 2.66. The van der Waals surface area contributed by atoms with Crippen molar-refractivity contribution in [2.75, 3.05) is 7.05 Å². The van der Waals surface area contributed by atoms with Crippen LogP contribution in [0.15, 0.2) is 17.4 Å². The van der Waals surface area contributed by atoms with Crippen LogP contribution >= 0.6 is 0 Å². The number of hydrogen-bond acceptors (Lipinski definition) is 5. The van der Waals surface area contributed by atoms with Crippen molar-refractivity contribution in [1.29, 1.82) is 0 Å². The minimum absolute atomic E-state index is 0.0415. The standard InChI is InChI=1S/C9H10F3N5/c1-5-3-6(9(10,11)12)7(13-4-5)8-14-16-17(2)15-8/h3-4,16H,1-2H3,(H,14,15). The molecule has 0 saturated heterocycles. The molecule has 1 aliphatic rings. The van der Waals surface area contributed by atoms with Gasteiger partial charge in [-0.3, -0.25) is 10.4 Å². The lowest BCUT2D eigenvalue weighted by Gasteiger charge is -2.13. The van der Waals surface area contributed by atoms with E-state index in [4.69, 9.17) is 0 Å². The SMILES string of the molecule is Cc1cnc(C2=NNN(C)N2)c(C(F)(F)F)c1. The van der Waals surface area contributed by atoms with Gasteiger partial charge in [-0.2, -0.15) is 13.2 Å². The number of halogens is 3. The van der Waals surface area contributed by atoms with E-state index in [1.807, 2.05) is 0 Å². The Morgan fingerprint density at radius 1 is 1.35 bits per heavy atom. The Labute approximate surface area is 95.3 Å². The average molecular weight is 245 g/mol. The van der Waals surface area contributed by atoms with Crippen LogP contribution in [-0.2, 0) is 6.18 Å². The molecule has 2 rings (SSSR count). The number of aryl methyl sites for hydroxylation is 1. The van der Waals surface area contributed by atoms with Crippen LogP contribution in [0.3, 0.4) is 0 Å². The van der Waals surface area contributed by atoms with Gasteiger partial charge in [-0.25, -0.2) is 5.53 Å². The molecular formula is C9H10F3N5. The van der Waals surface area contributed by atoms with Gasteiger partial charge in [-0.05, 0) is 18.6 Å². The largest absolute Gasteiger partial charge is 0.418 e. The lowest BCUT2D eigenvalue weighted by molar-refractivity contribution is -0.138. The van der Waals surface area contributed by atoms with Gasteiger partial charge in [-0.15, -0.1) is 10.2 Å². The number of nitrogens with zero attached hydrogens (tertiary/aromatic N) is 3. The summed E-state index contributed by atoms with van der Waals surface area (Å²) in [6.45, 7) is 1.56. The quantitative estimate of drug-likeness (QED) is 0.775. The third-order valence-corrected chi connectivity index (χ3v) is 2.14. The van der Waals surface area contributed by atoms with Crippen LogP contribution in [0, 0.1) is 6.92 Å². The number of pyridine rings is 1. The Morgan fingerprint density at radius 3 is 2.59 bits per heavy atom. The molecule has 2 heterocycles. The van der Waals surface area contributed by atoms with Gasteiger partial charge in [0.05, 0.1) is 5.56 Å². The average Bonchev–Trinajstić information content (AvgIpc) is 2.63. The van der Waals surface area contributed by atoms with Crippen LogP contribution < -0.4 is 11.0 Å². The zero-order chi connectivity index (χ0) is 12.6. The fraction of sp³-hybridized carbons (Fsp3) is 0.333. The number of nitrogens with one attached hydrogen (secondary N) is 2. The Balaban J connectivity index is 2.47. The smallest absolute Gasteiger partial charge is 0.281 e. The van der Waals surface area contributed by atoms with Crippen molar-refractivity contribution in [3.05, 3.63) is 29.1 Å². The summed E-state index contributed by atoms with van der Waals surface area (Å²) in [5.74, 6) is 0.0415. The molecule has 0 fully saturated rings. The number of aromatic nitrogens is 1. The highest BCUT2D eigenvalue weighted by atomic mass is 19.4. The molecule has 0 atom stereocenters. The highest BCUT2D eigenvalue weighted by Gasteiger charge is 2.36. The second kappa shape index (κ2) is 3.88. The lowest BCUT2D eigenvalue weighted by Crippen LogP contribution is -2.38. The molecule has 17 heavy (non-hydrogen) atoms. The zero-order valence-corrected chi connectivity index (χ0v) is 9.13. The molecule has 0 bridgehead atoms. The topological polar surface area (TPSA) is 52.6 Å². The van der Waals surface area contributed by atoms with E-state index in [1.54, 1.807) is 14.0 Å². The summed E-state index contributed by atoms with van der Waals surface area (Å²) < 4.78 is 38.5. The first-order valence-corrected chi connectivity index (χ1v) is 4.76. The highest BCUT2D eigenvalue weighted by molar-refractivity contribution is 5.98. The lowest BCUT2D eigenvalue weighted by atomic mass is 10.1. The molecule has 1 aromatic heterocycles. The molecular weight excluding hydrogens is 235 g/mol. The van der Waals surface area contributed by atoms with Crippen LogP contribution in [0.2, 0.25) is 0 Å². The molecule has 2 N–H and O–H groups in total. The Morgan fingerprint density at radius 2 is 2.06 bits per heavy atom. The third kappa shape index (κ3) is 2.31. The number of amidine groups is 1. The van der Waals surface area contributed by atoms with E-state index >= 15 is 0 Å². The maximum atomic E-state index is 12.8. The first-order valence-electron chi connectivity index (χ1n) is 4.76. The predicted molar refractivity (Wildman–Crippen MR) is 54.5 cm³/mol. The van der Waals surface area contributed by atoms with Crippen molar-refractivity contribution in [2.45, 2.75) is 13.1 Å². The van der Waals surface area contributed by atoms with E-state index in [2.05, 4.69) is 21.0 Å². The van der Waals surface area contributed by atoms with Crippen LogP contribution in [0.5, 0.6) is 0 Å². The molecule has 8 heteroatoms. The number of hydrazone groups is 1. The Bertz CT molecular complexity index is 468. The van der Waals surface area contributed by atoms with Crippen molar-refractivity contribution < 1.29 is 13.2 Å². The number of hydrogen-bond donors (Lipinski definition) is 2. The molecule has 0 unspecified atom stereocenters. The molecule has 0 aliphatic carbocycles. The zero-order valence-electron chi connectivity index (χ0n) is 9.13. The monoisotopic (exact) mass is 245 g/mol. The highest BCUT2D eigenvalue weighted by Crippen LogP contribution is 2.31. The predicted octanol–water partition coefficient (Wildman–Crippen LogP) is 1.03. The second-order valence-corrected chi connectivity index (χ2v) is 3.64. The molecule has 1 aromatic rings. The Hall–Kier alpha value is -1.83. The van der Waals surface area contributed by atoms with Crippen molar-refractivity contribution in [3.8, 4) is 0 Å². The van der Waals surface area contributed by atoms with E-state index in [1.165, 1.54) is 11.3 Å². The van der Waals surface area contributed by atoms with Crippen molar-refractivity contribution in [2.24, 2.45) is 5.10 Å². The summed E-state index contributed by atoms with van der Waals surface area (Å²) in [6.07, 6.45) is -3.09. The maximum Gasteiger partial charge on any atom is 0.418 e. The molecule has 5 nitrogen and oxygen atoms in total. The van der Waals surface area contributed by atoms with E-state index in [0.29, 0.717) is 5.56 Å². The number of alkyl halides is 3. The van der Waals surface area contributed by atoms with E-state index in [-0.39, 0.29) is 11.5 Å². The fourth-order valence-electron chi connectivity index (χ4n) is 1.41. The maximum absolute atomic E-state index is 12.8. The van der Waals surface area contributed by atoms with Crippen molar-refractivity contribution >= 4 is 5.84 Å². The first kappa shape index (κ1) is 11.6. The van der Waals surface area contributed by atoms with Crippen LogP contribution in [0.25, 0.3) is 0 Å².